The number of sulfonamides is 1. The SMILES string of the molecule is CC(NS(=O)(=O)c1cccc(F)c1[N+](=O)[O-])c1nccs1. The highest BCUT2D eigenvalue weighted by molar-refractivity contribution is 7.89. The molecule has 0 aliphatic rings. The van der Waals surface area contributed by atoms with Gasteiger partial charge in [0, 0.05) is 11.6 Å². The first-order chi connectivity index (χ1) is 9.83. The normalized spacial score (nSPS) is 13.0. The van der Waals surface area contributed by atoms with Crippen LogP contribution in [0.15, 0.2) is 34.7 Å². The maximum Gasteiger partial charge on any atom is 0.324 e. The monoisotopic (exact) mass is 331 g/mol. The molecule has 21 heavy (non-hydrogen) atoms. The number of nitrogens with zero attached hydrogens (tertiary/aromatic N) is 2. The third-order valence-corrected chi connectivity index (χ3v) is 5.11. The lowest BCUT2D eigenvalue weighted by Gasteiger charge is -2.12. The molecule has 1 atom stereocenters. The molecule has 0 aliphatic heterocycles. The molecule has 1 aromatic heterocycles. The predicted octanol–water partition coefficient (Wildman–Crippen LogP) is 2.23. The Kier molecular flexibility index (Phi) is 4.30. The molecule has 1 unspecified atom stereocenters. The molecular weight excluding hydrogens is 321 g/mol. The van der Waals surface area contributed by atoms with E-state index in [2.05, 4.69) is 9.71 Å². The van der Waals surface area contributed by atoms with Crippen molar-refractivity contribution in [2.75, 3.05) is 0 Å². The zero-order valence-corrected chi connectivity index (χ0v) is 12.3. The minimum absolute atomic E-state index is 0.498. The fourth-order valence-electron chi connectivity index (χ4n) is 1.68. The van der Waals surface area contributed by atoms with Crippen LogP contribution in [0.4, 0.5) is 10.1 Å². The number of nitrogens with one attached hydrogen (secondary N) is 1. The van der Waals surface area contributed by atoms with Crippen LogP contribution in [-0.4, -0.2) is 18.3 Å². The second-order valence-corrected chi connectivity index (χ2v) is 6.67. The van der Waals surface area contributed by atoms with Gasteiger partial charge in [0.1, 0.15) is 5.01 Å². The molecule has 0 saturated carbocycles. The molecule has 1 N–H and O–H groups in total. The van der Waals surface area contributed by atoms with E-state index in [1.165, 1.54) is 17.5 Å². The Labute approximate surface area is 123 Å². The lowest BCUT2D eigenvalue weighted by Crippen LogP contribution is -2.27. The lowest BCUT2D eigenvalue weighted by molar-refractivity contribution is -0.390. The Morgan fingerprint density at radius 3 is 2.76 bits per heavy atom. The van der Waals surface area contributed by atoms with E-state index in [-0.39, 0.29) is 0 Å². The number of benzene rings is 1. The molecular formula is C11H10FN3O4S2. The molecule has 0 saturated heterocycles. The van der Waals surface area contributed by atoms with E-state index in [1.54, 1.807) is 12.3 Å². The van der Waals surface area contributed by atoms with Gasteiger partial charge in [0.2, 0.25) is 15.8 Å². The van der Waals surface area contributed by atoms with E-state index in [0.29, 0.717) is 5.01 Å². The van der Waals surface area contributed by atoms with Gasteiger partial charge in [-0.15, -0.1) is 11.3 Å². The molecule has 0 bridgehead atoms. The number of hydrogen-bond acceptors (Lipinski definition) is 6. The van der Waals surface area contributed by atoms with Gasteiger partial charge in [0.05, 0.1) is 11.0 Å². The maximum atomic E-state index is 13.5. The predicted molar refractivity (Wildman–Crippen MR) is 73.9 cm³/mol. The summed E-state index contributed by atoms with van der Waals surface area (Å²) in [7, 11) is -4.25. The highest BCUT2D eigenvalue weighted by Crippen LogP contribution is 2.28. The summed E-state index contributed by atoms with van der Waals surface area (Å²) in [6.45, 7) is 1.54. The van der Waals surface area contributed by atoms with E-state index in [1.807, 2.05) is 0 Å². The second kappa shape index (κ2) is 5.84. The Bertz CT molecular complexity index is 762. The number of nitro groups is 1. The first-order valence-corrected chi connectivity index (χ1v) is 8.04. The van der Waals surface area contributed by atoms with Crippen molar-refractivity contribution in [3.8, 4) is 0 Å². The Morgan fingerprint density at radius 2 is 2.19 bits per heavy atom. The van der Waals surface area contributed by atoms with Crippen LogP contribution in [-0.2, 0) is 10.0 Å². The zero-order valence-electron chi connectivity index (χ0n) is 10.7. The van der Waals surface area contributed by atoms with E-state index in [9.17, 15) is 22.9 Å². The van der Waals surface area contributed by atoms with Crippen molar-refractivity contribution in [2.45, 2.75) is 17.9 Å². The van der Waals surface area contributed by atoms with Crippen LogP contribution in [0.3, 0.4) is 0 Å². The summed E-state index contributed by atoms with van der Waals surface area (Å²) in [6.07, 6.45) is 1.51. The maximum absolute atomic E-state index is 13.5. The van der Waals surface area contributed by atoms with Gasteiger partial charge < -0.3 is 0 Å². The van der Waals surface area contributed by atoms with Gasteiger partial charge in [-0.05, 0) is 19.1 Å². The minimum atomic E-state index is -4.25. The van der Waals surface area contributed by atoms with Crippen LogP contribution in [0.25, 0.3) is 0 Å². The molecule has 2 rings (SSSR count). The first-order valence-electron chi connectivity index (χ1n) is 5.67. The van der Waals surface area contributed by atoms with Gasteiger partial charge >= 0.3 is 5.69 Å². The molecule has 1 aromatic carbocycles. The van der Waals surface area contributed by atoms with Crippen molar-refractivity contribution in [3.63, 3.8) is 0 Å². The number of rotatable bonds is 5. The van der Waals surface area contributed by atoms with Crippen LogP contribution >= 0.6 is 11.3 Å². The highest BCUT2D eigenvalue weighted by Gasteiger charge is 2.30. The first kappa shape index (κ1) is 15.5. The molecule has 112 valence electrons. The van der Waals surface area contributed by atoms with Crippen LogP contribution in [0, 0.1) is 15.9 Å². The van der Waals surface area contributed by atoms with Gasteiger partial charge in [-0.2, -0.15) is 4.39 Å². The molecule has 0 spiro atoms. The summed E-state index contributed by atoms with van der Waals surface area (Å²) in [6, 6.07) is 2.24. The fraction of sp³-hybridized carbons (Fsp3) is 0.182. The average Bonchev–Trinajstić information content (AvgIpc) is 2.91. The van der Waals surface area contributed by atoms with Crippen LogP contribution in [0.2, 0.25) is 0 Å². The molecule has 1 heterocycles. The number of halogens is 1. The smallest absolute Gasteiger partial charge is 0.258 e. The van der Waals surface area contributed by atoms with Crippen LogP contribution in [0.5, 0.6) is 0 Å². The number of para-hydroxylation sites is 1. The quantitative estimate of drug-likeness (QED) is 0.668. The van der Waals surface area contributed by atoms with Crippen molar-refractivity contribution in [1.29, 1.82) is 0 Å². The summed E-state index contributed by atoms with van der Waals surface area (Å²) >= 11 is 1.23. The van der Waals surface area contributed by atoms with Gasteiger partial charge in [-0.1, -0.05) is 6.07 Å². The molecule has 0 radical (unpaired) electrons. The Balaban J connectivity index is 2.41. The van der Waals surface area contributed by atoms with Crippen molar-refractivity contribution in [1.82, 2.24) is 9.71 Å². The van der Waals surface area contributed by atoms with Gasteiger partial charge in [-0.25, -0.2) is 18.1 Å². The molecule has 0 fully saturated rings. The largest absolute Gasteiger partial charge is 0.324 e. The van der Waals surface area contributed by atoms with Gasteiger partial charge in [0.15, 0.2) is 4.90 Å². The van der Waals surface area contributed by atoms with Crippen molar-refractivity contribution in [3.05, 3.63) is 50.7 Å². The molecule has 10 heteroatoms. The fourth-order valence-corrected chi connectivity index (χ4v) is 3.79. The summed E-state index contributed by atoms with van der Waals surface area (Å²) in [5.41, 5.74) is -1.07. The van der Waals surface area contributed by atoms with E-state index in [0.717, 1.165) is 18.2 Å². The topological polar surface area (TPSA) is 102 Å². The Hall–Kier alpha value is -1.91. The Morgan fingerprint density at radius 1 is 1.48 bits per heavy atom. The number of hydrogen-bond donors (Lipinski definition) is 1. The van der Waals surface area contributed by atoms with Crippen molar-refractivity contribution in [2.24, 2.45) is 0 Å². The van der Waals surface area contributed by atoms with E-state index >= 15 is 0 Å². The second-order valence-electron chi connectivity index (χ2n) is 4.06. The number of nitro benzene ring substituents is 1. The third-order valence-electron chi connectivity index (χ3n) is 2.58. The van der Waals surface area contributed by atoms with E-state index in [4.69, 9.17) is 0 Å². The summed E-state index contributed by atoms with van der Waals surface area (Å²) in [4.78, 5) is 13.0. The van der Waals surface area contributed by atoms with Gasteiger partial charge in [-0.3, -0.25) is 10.1 Å². The molecule has 7 nitrogen and oxygen atoms in total. The van der Waals surface area contributed by atoms with Crippen LogP contribution < -0.4 is 4.72 Å². The summed E-state index contributed by atoms with van der Waals surface area (Å²) in [5, 5.41) is 13.0. The van der Waals surface area contributed by atoms with Crippen molar-refractivity contribution >= 4 is 27.0 Å². The van der Waals surface area contributed by atoms with Crippen molar-refractivity contribution < 1.29 is 17.7 Å². The average molecular weight is 331 g/mol. The number of thiazole rings is 1. The van der Waals surface area contributed by atoms with Crippen LogP contribution in [0.1, 0.15) is 18.0 Å². The molecule has 2 aromatic rings. The lowest BCUT2D eigenvalue weighted by atomic mass is 10.3. The number of aromatic nitrogens is 1. The van der Waals surface area contributed by atoms with Gasteiger partial charge in [0.25, 0.3) is 0 Å². The third kappa shape index (κ3) is 3.23. The molecule has 0 amide bonds. The summed E-state index contributed by atoms with van der Waals surface area (Å²) < 4.78 is 40.2. The zero-order chi connectivity index (χ0) is 15.6. The highest BCUT2D eigenvalue weighted by atomic mass is 32.2. The van der Waals surface area contributed by atoms with E-state index < -0.39 is 37.4 Å². The summed E-state index contributed by atoms with van der Waals surface area (Å²) in [5.74, 6) is -1.20. The molecule has 0 aliphatic carbocycles. The minimum Gasteiger partial charge on any atom is -0.258 e. The standard InChI is InChI=1S/C11H10FN3O4S2/c1-7(11-13-5-6-20-11)14-21(18,19)9-4-2-3-8(12)10(9)15(16)17/h2-7,14H,1H3.